The van der Waals surface area contributed by atoms with Gasteiger partial charge in [0.2, 0.25) is 5.91 Å². The summed E-state index contributed by atoms with van der Waals surface area (Å²) in [5.41, 5.74) is 1.11. The smallest absolute Gasteiger partial charge is 0.222 e. The number of carbonyl (C=O) groups excluding carboxylic acids is 1. The van der Waals surface area contributed by atoms with Crippen molar-refractivity contribution in [2.24, 2.45) is 5.92 Å². The molecule has 2 rings (SSSR count). The Hall–Kier alpha value is -0.770. The van der Waals surface area contributed by atoms with Gasteiger partial charge in [0.15, 0.2) is 0 Å². The number of halogens is 2. The largest absolute Gasteiger partial charge is 0.396 e. The zero-order valence-electron chi connectivity index (χ0n) is 12.0. The van der Waals surface area contributed by atoms with Gasteiger partial charge >= 0.3 is 0 Å². The zero-order chi connectivity index (χ0) is 15.2. The van der Waals surface area contributed by atoms with Crippen LogP contribution in [0.25, 0.3) is 0 Å². The van der Waals surface area contributed by atoms with E-state index in [9.17, 15) is 4.79 Å². The first-order valence-electron chi connectivity index (χ1n) is 7.42. The van der Waals surface area contributed by atoms with E-state index < -0.39 is 0 Å². The van der Waals surface area contributed by atoms with Crippen molar-refractivity contribution in [3.05, 3.63) is 33.8 Å². The number of amides is 1. The van der Waals surface area contributed by atoms with Gasteiger partial charge in [-0.05, 0) is 49.3 Å². The fourth-order valence-corrected chi connectivity index (χ4v) is 2.98. The number of hydrogen-bond acceptors (Lipinski definition) is 2. The van der Waals surface area contributed by atoms with Crippen molar-refractivity contribution in [3.8, 4) is 0 Å². The molecule has 0 aromatic heterocycles. The molecule has 1 aliphatic heterocycles. The molecule has 0 aliphatic carbocycles. The molecule has 0 spiro atoms. The molecule has 1 heterocycles. The molecule has 1 fully saturated rings. The lowest BCUT2D eigenvalue weighted by Gasteiger charge is -2.31. The topological polar surface area (TPSA) is 40.5 Å². The van der Waals surface area contributed by atoms with Crippen molar-refractivity contribution in [2.45, 2.75) is 32.1 Å². The quantitative estimate of drug-likeness (QED) is 0.897. The molecule has 0 bridgehead atoms. The fraction of sp³-hybridized carbons (Fsp3) is 0.562. The van der Waals surface area contributed by atoms with Crippen molar-refractivity contribution < 1.29 is 9.90 Å². The maximum atomic E-state index is 12.1. The van der Waals surface area contributed by atoms with Gasteiger partial charge in [-0.1, -0.05) is 29.3 Å². The molecule has 0 saturated carbocycles. The second kappa shape index (κ2) is 8.02. The minimum absolute atomic E-state index is 0.214. The Morgan fingerprint density at radius 1 is 1.24 bits per heavy atom. The number of rotatable bonds is 5. The number of piperidine rings is 1. The molecule has 21 heavy (non-hydrogen) atoms. The predicted molar refractivity (Wildman–Crippen MR) is 85.8 cm³/mol. The van der Waals surface area contributed by atoms with Gasteiger partial charge in [-0.2, -0.15) is 0 Å². The Labute approximate surface area is 135 Å². The summed E-state index contributed by atoms with van der Waals surface area (Å²) < 4.78 is 0. The summed E-state index contributed by atoms with van der Waals surface area (Å²) in [4.78, 5) is 14.0. The van der Waals surface area contributed by atoms with Gasteiger partial charge in [-0.15, -0.1) is 0 Å². The highest BCUT2D eigenvalue weighted by molar-refractivity contribution is 6.42. The summed E-state index contributed by atoms with van der Waals surface area (Å²) in [5, 5.41) is 10.2. The summed E-state index contributed by atoms with van der Waals surface area (Å²) >= 11 is 11.9. The molecular formula is C16H21Cl2NO2. The lowest BCUT2D eigenvalue weighted by molar-refractivity contribution is -0.132. The monoisotopic (exact) mass is 329 g/mol. The van der Waals surface area contributed by atoms with Gasteiger partial charge in [0.05, 0.1) is 10.0 Å². The highest BCUT2D eigenvalue weighted by atomic mass is 35.5. The average molecular weight is 330 g/mol. The first-order chi connectivity index (χ1) is 10.1. The van der Waals surface area contributed by atoms with Gasteiger partial charge in [0, 0.05) is 26.1 Å². The van der Waals surface area contributed by atoms with Crippen LogP contribution in [0.15, 0.2) is 18.2 Å². The number of aliphatic hydroxyl groups excluding tert-OH is 1. The standard InChI is InChI=1S/C16H21Cl2NO2/c17-14-5-4-12(10-15(14)18)2-1-3-16(21)19-8-6-13(11-20)7-9-19/h4-5,10,13,20H,1-3,6-9,11H2. The van der Waals surface area contributed by atoms with E-state index in [0.717, 1.165) is 44.3 Å². The van der Waals surface area contributed by atoms with Gasteiger partial charge in [0.25, 0.3) is 0 Å². The molecule has 1 saturated heterocycles. The predicted octanol–water partition coefficient (Wildman–Crippen LogP) is 3.55. The number of carbonyl (C=O) groups is 1. The molecule has 0 atom stereocenters. The van der Waals surface area contributed by atoms with Gasteiger partial charge < -0.3 is 10.0 Å². The third kappa shape index (κ3) is 4.87. The minimum Gasteiger partial charge on any atom is -0.396 e. The van der Waals surface area contributed by atoms with E-state index in [1.54, 1.807) is 6.07 Å². The third-order valence-electron chi connectivity index (χ3n) is 4.07. The van der Waals surface area contributed by atoms with Crippen LogP contribution >= 0.6 is 23.2 Å². The van der Waals surface area contributed by atoms with Crippen molar-refractivity contribution in [1.82, 2.24) is 4.90 Å². The normalized spacial score (nSPS) is 16.2. The molecular weight excluding hydrogens is 309 g/mol. The number of likely N-dealkylation sites (tertiary alicyclic amines) is 1. The van der Waals surface area contributed by atoms with Crippen LogP contribution < -0.4 is 0 Å². The fourth-order valence-electron chi connectivity index (χ4n) is 2.66. The van der Waals surface area contributed by atoms with Gasteiger partial charge in [0.1, 0.15) is 0 Å². The summed E-state index contributed by atoms with van der Waals surface area (Å²) in [6.07, 6.45) is 4.03. The lowest BCUT2D eigenvalue weighted by atomic mass is 9.97. The van der Waals surface area contributed by atoms with Crippen LogP contribution in [0.5, 0.6) is 0 Å². The SMILES string of the molecule is O=C(CCCc1ccc(Cl)c(Cl)c1)N1CCC(CO)CC1. The van der Waals surface area contributed by atoms with E-state index in [0.29, 0.717) is 22.4 Å². The van der Waals surface area contributed by atoms with E-state index >= 15 is 0 Å². The van der Waals surface area contributed by atoms with Crippen LogP contribution in [-0.4, -0.2) is 35.6 Å². The molecule has 3 nitrogen and oxygen atoms in total. The van der Waals surface area contributed by atoms with E-state index in [2.05, 4.69) is 0 Å². The van der Waals surface area contributed by atoms with E-state index in [1.807, 2.05) is 17.0 Å². The summed E-state index contributed by atoms with van der Waals surface area (Å²) in [7, 11) is 0. The maximum absolute atomic E-state index is 12.1. The first-order valence-corrected chi connectivity index (χ1v) is 8.18. The summed E-state index contributed by atoms with van der Waals surface area (Å²) in [5.74, 6) is 0.580. The van der Waals surface area contributed by atoms with Crippen molar-refractivity contribution >= 4 is 29.1 Å². The Morgan fingerprint density at radius 3 is 2.57 bits per heavy atom. The number of benzene rings is 1. The molecule has 1 amide bonds. The highest BCUT2D eigenvalue weighted by Crippen LogP contribution is 2.23. The Morgan fingerprint density at radius 2 is 1.95 bits per heavy atom. The third-order valence-corrected chi connectivity index (χ3v) is 4.80. The van der Waals surface area contributed by atoms with Crippen molar-refractivity contribution in [2.75, 3.05) is 19.7 Å². The highest BCUT2D eigenvalue weighted by Gasteiger charge is 2.21. The Balaban J connectivity index is 1.73. The Bertz CT molecular complexity index is 485. The number of aryl methyl sites for hydroxylation is 1. The minimum atomic E-state index is 0.214. The van der Waals surface area contributed by atoms with E-state index in [1.165, 1.54) is 0 Å². The zero-order valence-corrected chi connectivity index (χ0v) is 13.5. The average Bonchev–Trinajstić information content (AvgIpc) is 2.51. The number of aliphatic hydroxyl groups is 1. The molecule has 0 radical (unpaired) electrons. The molecule has 1 aliphatic rings. The van der Waals surface area contributed by atoms with Gasteiger partial charge in [-0.3, -0.25) is 4.79 Å². The Kier molecular flexibility index (Phi) is 6.34. The molecule has 1 aromatic carbocycles. The first kappa shape index (κ1) is 16.6. The molecule has 1 aromatic rings. The van der Waals surface area contributed by atoms with Crippen LogP contribution in [0.1, 0.15) is 31.2 Å². The van der Waals surface area contributed by atoms with Crippen LogP contribution in [0.4, 0.5) is 0 Å². The second-order valence-corrected chi connectivity index (χ2v) is 6.42. The van der Waals surface area contributed by atoms with Crippen molar-refractivity contribution in [3.63, 3.8) is 0 Å². The molecule has 5 heteroatoms. The lowest BCUT2D eigenvalue weighted by Crippen LogP contribution is -2.39. The van der Waals surface area contributed by atoms with Crippen LogP contribution in [0, 0.1) is 5.92 Å². The summed E-state index contributed by atoms with van der Waals surface area (Å²) in [6.45, 7) is 1.78. The number of hydrogen-bond donors (Lipinski definition) is 1. The van der Waals surface area contributed by atoms with E-state index in [4.69, 9.17) is 28.3 Å². The summed E-state index contributed by atoms with van der Waals surface area (Å²) in [6, 6.07) is 5.60. The van der Waals surface area contributed by atoms with E-state index in [-0.39, 0.29) is 12.5 Å². The molecule has 0 unspecified atom stereocenters. The molecule has 1 N–H and O–H groups in total. The van der Waals surface area contributed by atoms with Crippen LogP contribution in [0.2, 0.25) is 10.0 Å². The molecule has 116 valence electrons. The second-order valence-electron chi connectivity index (χ2n) is 5.61. The van der Waals surface area contributed by atoms with Gasteiger partial charge in [-0.25, -0.2) is 0 Å². The van der Waals surface area contributed by atoms with Crippen LogP contribution in [-0.2, 0) is 11.2 Å². The number of nitrogens with zero attached hydrogens (tertiary/aromatic N) is 1. The van der Waals surface area contributed by atoms with Crippen molar-refractivity contribution in [1.29, 1.82) is 0 Å². The van der Waals surface area contributed by atoms with Crippen LogP contribution in [0.3, 0.4) is 0 Å². The maximum Gasteiger partial charge on any atom is 0.222 e.